The average Bonchev–Trinajstić information content (AvgIpc) is 2.53. The summed E-state index contributed by atoms with van der Waals surface area (Å²) >= 11 is 5.96. The quantitative estimate of drug-likeness (QED) is 0.868. The maximum absolute atomic E-state index is 5.98. The van der Waals surface area contributed by atoms with Gasteiger partial charge in [0.05, 0.1) is 7.11 Å². The highest BCUT2D eigenvalue weighted by atomic mass is 35.5. The van der Waals surface area contributed by atoms with Crippen molar-refractivity contribution in [2.75, 3.05) is 13.7 Å². The zero-order chi connectivity index (χ0) is 15.2. The van der Waals surface area contributed by atoms with Gasteiger partial charge in [-0.25, -0.2) is 0 Å². The van der Waals surface area contributed by atoms with Gasteiger partial charge in [-0.05, 0) is 54.3 Å². The van der Waals surface area contributed by atoms with E-state index in [-0.39, 0.29) is 5.92 Å². The molecule has 21 heavy (non-hydrogen) atoms. The molecule has 1 atom stereocenters. The zero-order valence-corrected chi connectivity index (χ0v) is 13.4. The Hall–Kier alpha value is -1.51. The molecule has 0 saturated carbocycles. The maximum atomic E-state index is 5.98. The van der Waals surface area contributed by atoms with Crippen LogP contribution in [0.4, 0.5) is 0 Å². The molecule has 0 heterocycles. The number of hydrogen-bond acceptors (Lipinski definition) is 2. The molecule has 0 saturated heterocycles. The summed E-state index contributed by atoms with van der Waals surface area (Å²) in [5.74, 6) is 1.20. The topological polar surface area (TPSA) is 35.2 Å². The Morgan fingerprint density at radius 2 is 1.86 bits per heavy atom. The van der Waals surface area contributed by atoms with Crippen LogP contribution in [0.5, 0.6) is 5.75 Å². The van der Waals surface area contributed by atoms with Gasteiger partial charge in [0.25, 0.3) is 0 Å². The molecule has 2 aromatic rings. The van der Waals surface area contributed by atoms with Gasteiger partial charge in [-0.1, -0.05) is 42.8 Å². The van der Waals surface area contributed by atoms with Gasteiger partial charge in [-0.15, -0.1) is 0 Å². The highest BCUT2D eigenvalue weighted by Gasteiger charge is 2.14. The van der Waals surface area contributed by atoms with Crippen molar-refractivity contribution in [2.45, 2.75) is 25.7 Å². The van der Waals surface area contributed by atoms with E-state index in [1.165, 1.54) is 16.7 Å². The smallest absolute Gasteiger partial charge is 0.122 e. The molecular weight excluding hydrogens is 282 g/mol. The molecule has 0 aliphatic rings. The lowest BCUT2D eigenvalue weighted by Crippen LogP contribution is -2.15. The molecule has 2 N–H and O–H groups in total. The van der Waals surface area contributed by atoms with Gasteiger partial charge in [0.2, 0.25) is 0 Å². The van der Waals surface area contributed by atoms with Crippen LogP contribution in [0.15, 0.2) is 42.5 Å². The van der Waals surface area contributed by atoms with Gasteiger partial charge in [-0.2, -0.15) is 0 Å². The first-order valence-corrected chi connectivity index (χ1v) is 7.67. The highest BCUT2D eigenvalue weighted by Crippen LogP contribution is 2.28. The molecule has 0 radical (unpaired) electrons. The van der Waals surface area contributed by atoms with Gasteiger partial charge >= 0.3 is 0 Å². The predicted molar refractivity (Wildman–Crippen MR) is 89.3 cm³/mol. The van der Waals surface area contributed by atoms with E-state index < -0.39 is 0 Å². The summed E-state index contributed by atoms with van der Waals surface area (Å²) in [5, 5.41) is 0.750. The number of aryl methyl sites for hydroxylation is 1. The summed E-state index contributed by atoms with van der Waals surface area (Å²) in [7, 11) is 1.71. The zero-order valence-electron chi connectivity index (χ0n) is 12.6. The number of benzene rings is 2. The molecule has 0 bridgehead atoms. The van der Waals surface area contributed by atoms with Crippen LogP contribution in [0.25, 0.3) is 0 Å². The van der Waals surface area contributed by atoms with Crippen molar-refractivity contribution in [3.8, 4) is 5.75 Å². The van der Waals surface area contributed by atoms with Gasteiger partial charge < -0.3 is 10.5 Å². The van der Waals surface area contributed by atoms with Gasteiger partial charge in [0, 0.05) is 10.9 Å². The van der Waals surface area contributed by atoms with E-state index >= 15 is 0 Å². The van der Waals surface area contributed by atoms with Crippen LogP contribution in [-0.2, 0) is 12.8 Å². The lowest BCUT2D eigenvalue weighted by atomic mass is 9.91. The second-order valence-corrected chi connectivity index (χ2v) is 5.62. The van der Waals surface area contributed by atoms with Crippen molar-refractivity contribution in [1.82, 2.24) is 0 Å². The van der Waals surface area contributed by atoms with Crippen LogP contribution in [-0.4, -0.2) is 13.7 Å². The van der Waals surface area contributed by atoms with E-state index in [1.54, 1.807) is 7.11 Å². The average molecular weight is 304 g/mol. The molecule has 0 spiro atoms. The van der Waals surface area contributed by atoms with Crippen molar-refractivity contribution in [1.29, 1.82) is 0 Å². The minimum Gasteiger partial charge on any atom is -0.496 e. The number of nitrogens with two attached hydrogens (primary N) is 1. The third kappa shape index (κ3) is 3.99. The second-order valence-electron chi connectivity index (χ2n) is 5.19. The molecule has 0 amide bonds. The van der Waals surface area contributed by atoms with E-state index in [2.05, 4.69) is 31.2 Å². The molecule has 0 aliphatic heterocycles. The number of rotatable bonds is 6. The Morgan fingerprint density at radius 1 is 1.14 bits per heavy atom. The highest BCUT2D eigenvalue weighted by molar-refractivity contribution is 6.30. The first-order chi connectivity index (χ1) is 10.2. The Kier molecular flexibility index (Phi) is 5.66. The largest absolute Gasteiger partial charge is 0.496 e. The summed E-state index contributed by atoms with van der Waals surface area (Å²) < 4.78 is 5.48. The first-order valence-electron chi connectivity index (χ1n) is 7.29. The van der Waals surface area contributed by atoms with Gasteiger partial charge in [0.15, 0.2) is 0 Å². The minimum atomic E-state index is 0.267. The molecule has 2 rings (SSSR count). The SMILES string of the molecule is CCc1ccc(OC)c(CC(CN)c2ccc(Cl)cc2)c1. The lowest BCUT2D eigenvalue weighted by Gasteiger charge is -2.18. The Balaban J connectivity index is 2.27. The Labute approximate surface area is 131 Å². The maximum Gasteiger partial charge on any atom is 0.122 e. The summed E-state index contributed by atoms with van der Waals surface area (Å²) in [5.41, 5.74) is 9.72. The van der Waals surface area contributed by atoms with E-state index in [0.29, 0.717) is 6.54 Å². The summed E-state index contributed by atoms with van der Waals surface area (Å²) in [4.78, 5) is 0. The normalized spacial score (nSPS) is 12.2. The van der Waals surface area contributed by atoms with Crippen LogP contribution in [0.3, 0.4) is 0 Å². The number of hydrogen-bond donors (Lipinski definition) is 1. The number of methoxy groups -OCH3 is 1. The van der Waals surface area contributed by atoms with E-state index in [9.17, 15) is 0 Å². The van der Waals surface area contributed by atoms with Crippen LogP contribution < -0.4 is 10.5 Å². The standard InChI is InChI=1S/C18H22ClNO/c1-3-13-4-9-18(21-2)15(10-13)11-16(12-20)14-5-7-17(19)8-6-14/h4-10,16H,3,11-12,20H2,1-2H3. The molecule has 2 nitrogen and oxygen atoms in total. The molecule has 2 aromatic carbocycles. The molecule has 0 aromatic heterocycles. The van der Waals surface area contributed by atoms with E-state index in [1.807, 2.05) is 18.2 Å². The number of ether oxygens (including phenoxy) is 1. The third-order valence-corrected chi connectivity index (χ3v) is 4.10. The van der Waals surface area contributed by atoms with Crippen LogP contribution >= 0.6 is 11.6 Å². The fourth-order valence-corrected chi connectivity index (χ4v) is 2.68. The van der Waals surface area contributed by atoms with Gasteiger partial charge in [-0.3, -0.25) is 0 Å². The van der Waals surface area contributed by atoms with Crippen molar-refractivity contribution in [3.05, 3.63) is 64.2 Å². The van der Waals surface area contributed by atoms with Crippen molar-refractivity contribution >= 4 is 11.6 Å². The van der Waals surface area contributed by atoms with Crippen molar-refractivity contribution in [2.24, 2.45) is 5.73 Å². The van der Waals surface area contributed by atoms with E-state index in [4.69, 9.17) is 22.1 Å². The molecule has 112 valence electrons. The first kappa shape index (κ1) is 15.9. The molecular formula is C18H22ClNO. The lowest BCUT2D eigenvalue weighted by molar-refractivity contribution is 0.408. The summed E-state index contributed by atoms with van der Waals surface area (Å²) in [6.45, 7) is 2.76. The second kappa shape index (κ2) is 7.48. The monoisotopic (exact) mass is 303 g/mol. The van der Waals surface area contributed by atoms with Gasteiger partial charge in [0.1, 0.15) is 5.75 Å². The van der Waals surface area contributed by atoms with Crippen LogP contribution in [0.1, 0.15) is 29.5 Å². The van der Waals surface area contributed by atoms with Crippen LogP contribution in [0, 0.1) is 0 Å². The minimum absolute atomic E-state index is 0.267. The predicted octanol–water partition coefficient (Wildman–Crippen LogP) is 4.20. The Morgan fingerprint density at radius 3 is 2.43 bits per heavy atom. The molecule has 3 heteroatoms. The number of halogens is 1. The molecule has 0 aliphatic carbocycles. The molecule has 0 fully saturated rings. The third-order valence-electron chi connectivity index (χ3n) is 3.85. The van der Waals surface area contributed by atoms with Crippen LogP contribution in [0.2, 0.25) is 5.02 Å². The Bertz CT molecular complexity index is 580. The van der Waals surface area contributed by atoms with Crippen molar-refractivity contribution < 1.29 is 4.74 Å². The summed E-state index contributed by atoms with van der Waals surface area (Å²) in [6, 6.07) is 14.3. The molecule has 1 unspecified atom stereocenters. The summed E-state index contributed by atoms with van der Waals surface area (Å²) in [6.07, 6.45) is 1.89. The van der Waals surface area contributed by atoms with Crippen molar-refractivity contribution in [3.63, 3.8) is 0 Å². The fraction of sp³-hybridized carbons (Fsp3) is 0.333. The fourth-order valence-electron chi connectivity index (χ4n) is 2.55. The van der Waals surface area contributed by atoms with E-state index in [0.717, 1.165) is 23.6 Å².